The van der Waals surface area contributed by atoms with Crippen molar-refractivity contribution in [1.29, 1.82) is 0 Å². The van der Waals surface area contributed by atoms with Crippen LogP contribution in [-0.2, 0) is 4.79 Å². The number of hydrogen-bond acceptors (Lipinski definition) is 4. The Kier molecular flexibility index (Phi) is 4.95. The highest BCUT2D eigenvalue weighted by molar-refractivity contribution is 5.99. The largest absolute Gasteiger partial charge is 0.508 e. The Morgan fingerprint density at radius 1 is 1.04 bits per heavy atom. The van der Waals surface area contributed by atoms with E-state index in [0.29, 0.717) is 11.5 Å². The lowest BCUT2D eigenvalue weighted by Crippen LogP contribution is -2.25. The van der Waals surface area contributed by atoms with Gasteiger partial charge < -0.3 is 9.84 Å². The molecule has 3 aromatic rings. The van der Waals surface area contributed by atoms with Crippen molar-refractivity contribution in [1.82, 2.24) is 5.43 Å². The number of fused-ring (bicyclic) bond motifs is 1. The van der Waals surface area contributed by atoms with Gasteiger partial charge in [0.2, 0.25) is 0 Å². The molecule has 0 saturated carbocycles. The summed E-state index contributed by atoms with van der Waals surface area (Å²) in [6, 6.07) is 20.2. The number of phenols is 1. The van der Waals surface area contributed by atoms with E-state index in [1.807, 2.05) is 42.5 Å². The zero-order valence-corrected chi connectivity index (χ0v) is 13.8. The Balaban J connectivity index is 1.61. The minimum absolute atomic E-state index is 0.125. The number of hydrogen-bond donors (Lipinski definition) is 2. The number of aromatic hydroxyl groups is 1. The van der Waals surface area contributed by atoms with E-state index in [0.717, 1.165) is 16.3 Å². The van der Waals surface area contributed by atoms with Gasteiger partial charge in [-0.25, -0.2) is 5.43 Å². The molecular formula is C20H18N2O3. The number of amides is 1. The lowest BCUT2D eigenvalue weighted by Gasteiger charge is -2.08. The first-order valence-corrected chi connectivity index (χ1v) is 7.86. The SMILES string of the molecule is C/C(=N/NC(=O)COc1cccc2ccccc12)c1ccc(O)cc1. The molecule has 1 amide bonds. The van der Waals surface area contributed by atoms with Crippen molar-refractivity contribution in [3.05, 3.63) is 72.3 Å². The Hall–Kier alpha value is -3.34. The van der Waals surface area contributed by atoms with Crippen LogP contribution in [0.1, 0.15) is 12.5 Å². The van der Waals surface area contributed by atoms with Gasteiger partial charge in [-0.1, -0.05) is 36.4 Å². The minimum atomic E-state index is -0.342. The fourth-order valence-corrected chi connectivity index (χ4v) is 2.41. The summed E-state index contributed by atoms with van der Waals surface area (Å²) in [7, 11) is 0. The van der Waals surface area contributed by atoms with Crippen LogP contribution in [0.4, 0.5) is 0 Å². The molecule has 0 aliphatic heterocycles. The third-order valence-corrected chi connectivity index (χ3v) is 3.74. The molecule has 0 fully saturated rings. The normalized spacial score (nSPS) is 11.3. The van der Waals surface area contributed by atoms with Crippen LogP contribution in [0.25, 0.3) is 10.8 Å². The smallest absolute Gasteiger partial charge is 0.277 e. The van der Waals surface area contributed by atoms with Crippen molar-refractivity contribution in [2.45, 2.75) is 6.92 Å². The molecule has 0 heterocycles. The van der Waals surface area contributed by atoms with E-state index in [1.54, 1.807) is 31.2 Å². The van der Waals surface area contributed by atoms with Gasteiger partial charge in [-0.15, -0.1) is 0 Å². The predicted molar refractivity (Wildman–Crippen MR) is 97.9 cm³/mol. The van der Waals surface area contributed by atoms with Gasteiger partial charge >= 0.3 is 0 Å². The lowest BCUT2D eigenvalue weighted by molar-refractivity contribution is -0.123. The Morgan fingerprint density at radius 3 is 2.56 bits per heavy atom. The standard InChI is InChI=1S/C20H18N2O3/c1-14(15-9-11-17(23)12-10-15)21-22-20(24)13-25-19-8-4-6-16-5-2-3-7-18(16)19/h2-12,23H,13H2,1H3,(H,22,24)/b21-14-. The van der Waals surface area contributed by atoms with Crippen LogP contribution >= 0.6 is 0 Å². The van der Waals surface area contributed by atoms with Crippen LogP contribution in [0.2, 0.25) is 0 Å². The van der Waals surface area contributed by atoms with Crippen molar-refractivity contribution < 1.29 is 14.6 Å². The maximum Gasteiger partial charge on any atom is 0.277 e. The average Bonchev–Trinajstić information content (AvgIpc) is 2.65. The quantitative estimate of drug-likeness (QED) is 0.554. The second-order valence-electron chi connectivity index (χ2n) is 5.55. The van der Waals surface area contributed by atoms with Gasteiger partial charge in [-0.3, -0.25) is 4.79 Å². The molecule has 25 heavy (non-hydrogen) atoms. The zero-order valence-electron chi connectivity index (χ0n) is 13.8. The van der Waals surface area contributed by atoms with Gasteiger partial charge in [0.15, 0.2) is 6.61 Å². The molecular weight excluding hydrogens is 316 g/mol. The van der Waals surface area contributed by atoms with Crippen molar-refractivity contribution in [2.75, 3.05) is 6.61 Å². The highest BCUT2D eigenvalue weighted by Crippen LogP contribution is 2.24. The maximum atomic E-state index is 12.0. The van der Waals surface area contributed by atoms with E-state index >= 15 is 0 Å². The number of hydrazone groups is 1. The van der Waals surface area contributed by atoms with Gasteiger partial charge in [-0.2, -0.15) is 5.10 Å². The highest BCUT2D eigenvalue weighted by atomic mass is 16.5. The van der Waals surface area contributed by atoms with Crippen LogP contribution in [0.15, 0.2) is 71.8 Å². The molecule has 5 nitrogen and oxygen atoms in total. The molecule has 0 spiro atoms. The summed E-state index contributed by atoms with van der Waals surface area (Å²) in [6.07, 6.45) is 0. The molecule has 0 aliphatic rings. The molecule has 0 radical (unpaired) electrons. The number of ether oxygens (including phenoxy) is 1. The van der Waals surface area contributed by atoms with Gasteiger partial charge in [0, 0.05) is 5.39 Å². The molecule has 0 aliphatic carbocycles. The average molecular weight is 334 g/mol. The predicted octanol–water partition coefficient (Wildman–Crippen LogP) is 3.46. The second-order valence-corrected chi connectivity index (χ2v) is 5.55. The van der Waals surface area contributed by atoms with Crippen LogP contribution in [-0.4, -0.2) is 23.3 Å². The number of nitrogens with zero attached hydrogens (tertiary/aromatic N) is 1. The number of rotatable bonds is 5. The molecule has 0 saturated heterocycles. The summed E-state index contributed by atoms with van der Waals surface area (Å²) in [5.41, 5.74) is 3.93. The Labute approximate surface area is 145 Å². The number of benzene rings is 3. The second kappa shape index (κ2) is 7.49. The number of phenolic OH excluding ortho intramolecular Hbond substituents is 1. The van der Waals surface area contributed by atoms with Crippen molar-refractivity contribution in [3.8, 4) is 11.5 Å². The van der Waals surface area contributed by atoms with E-state index in [-0.39, 0.29) is 18.3 Å². The van der Waals surface area contributed by atoms with Crippen LogP contribution < -0.4 is 10.2 Å². The van der Waals surface area contributed by atoms with Crippen molar-refractivity contribution >= 4 is 22.4 Å². The fraction of sp³-hybridized carbons (Fsp3) is 0.100. The molecule has 0 bridgehead atoms. The van der Waals surface area contributed by atoms with Gasteiger partial charge in [0.05, 0.1) is 5.71 Å². The lowest BCUT2D eigenvalue weighted by atomic mass is 10.1. The van der Waals surface area contributed by atoms with Crippen LogP contribution in [0, 0.1) is 0 Å². The fourth-order valence-electron chi connectivity index (χ4n) is 2.41. The number of nitrogens with one attached hydrogen (secondary N) is 1. The number of carbonyl (C=O) groups is 1. The third kappa shape index (κ3) is 4.14. The van der Waals surface area contributed by atoms with E-state index in [1.165, 1.54) is 0 Å². The van der Waals surface area contributed by atoms with E-state index in [4.69, 9.17) is 4.74 Å². The Bertz CT molecular complexity index is 912. The molecule has 3 aromatic carbocycles. The summed E-state index contributed by atoms with van der Waals surface area (Å²) >= 11 is 0. The van der Waals surface area contributed by atoms with E-state index in [9.17, 15) is 9.90 Å². The first kappa shape index (κ1) is 16.5. The van der Waals surface area contributed by atoms with Crippen LogP contribution in [0.5, 0.6) is 11.5 Å². The van der Waals surface area contributed by atoms with Crippen molar-refractivity contribution in [3.63, 3.8) is 0 Å². The molecule has 2 N–H and O–H groups in total. The van der Waals surface area contributed by atoms with E-state index < -0.39 is 0 Å². The first-order valence-electron chi connectivity index (χ1n) is 7.86. The molecule has 3 rings (SSSR count). The maximum absolute atomic E-state index is 12.0. The summed E-state index contributed by atoms with van der Waals surface area (Å²) in [6.45, 7) is 1.65. The summed E-state index contributed by atoms with van der Waals surface area (Å²) in [5, 5.41) is 15.4. The summed E-state index contributed by atoms with van der Waals surface area (Å²) < 4.78 is 5.62. The molecule has 126 valence electrons. The summed E-state index contributed by atoms with van der Waals surface area (Å²) in [4.78, 5) is 12.0. The minimum Gasteiger partial charge on any atom is -0.508 e. The summed E-state index contributed by atoms with van der Waals surface area (Å²) in [5.74, 6) is 0.502. The molecule has 5 heteroatoms. The first-order chi connectivity index (χ1) is 12.1. The number of carbonyl (C=O) groups excluding carboxylic acids is 1. The third-order valence-electron chi connectivity index (χ3n) is 3.74. The molecule has 0 unspecified atom stereocenters. The van der Waals surface area contributed by atoms with Crippen LogP contribution in [0.3, 0.4) is 0 Å². The zero-order chi connectivity index (χ0) is 17.6. The molecule has 0 atom stereocenters. The van der Waals surface area contributed by atoms with Gasteiger partial charge in [0.25, 0.3) is 5.91 Å². The van der Waals surface area contributed by atoms with Crippen molar-refractivity contribution in [2.24, 2.45) is 5.10 Å². The topological polar surface area (TPSA) is 70.9 Å². The highest BCUT2D eigenvalue weighted by Gasteiger charge is 2.06. The Morgan fingerprint density at radius 2 is 1.76 bits per heavy atom. The van der Waals surface area contributed by atoms with Gasteiger partial charge in [-0.05, 0) is 48.2 Å². The van der Waals surface area contributed by atoms with E-state index in [2.05, 4.69) is 10.5 Å². The van der Waals surface area contributed by atoms with Gasteiger partial charge in [0.1, 0.15) is 11.5 Å². The molecule has 0 aromatic heterocycles. The monoisotopic (exact) mass is 334 g/mol.